The topological polar surface area (TPSA) is 32.7 Å². The van der Waals surface area contributed by atoms with Gasteiger partial charge in [-0.05, 0) is 30.3 Å². The Balaban J connectivity index is 2.08. The summed E-state index contributed by atoms with van der Waals surface area (Å²) in [5.41, 5.74) is 1.72. The zero-order chi connectivity index (χ0) is 14.2. The summed E-state index contributed by atoms with van der Waals surface area (Å²) in [6.07, 6.45) is 5.14. The molecule has 1 amide bonds. The largest absolute Gasteiger partial charge is 0.288 e. The number of nitrogens with zero attached hydrogens (tertiary/aromatic N) is 2. The van der Waals surface area contributed by atoms with E-state index in [1.165, 1.54) is 6.92 Å². The van der Waals surface area contributed by atoms with Crippen LogP contribution in [-0.4, -0.2) is 12.1 Å². The summed E-state index contributed by atoms with van der Waals surface area (Å²) < 4.78 is 0. The highest BCUT2D eigenvalue weighted by Gasteiger charge is 2.05. The molecule has 0 unspecified atom stereocenters. The van der Waals surface area contributed by atoms with Crippen LogP contribution in [0.5, 0.6) is 0 Å². The summed E-state index contributed by atoms with van der Waals surface area (Å²) >= 11 is 0. The fourth-order valence-electron chi connectivity index (χ4n) is 1.73. The summed E-state index contributed by atoms with van der Waals surface area (Å²) in [6.45, 7) is 1.53. The fraction of sp³-hybridized carbons (Fsp3) is 0.0588. The van der Waals surface area contributed by atoms with Gasteiger partial charge in [0.05, 0.1) is 5.69 Å². The lowest BCUT2D eigenvalue weighted by atomic mass is 10.3. The molecule has 0 aliphatic carbocycles. The Morgan fingerprint density at radius 1 is 1.00 bits per heavy atom. The molecule has 100 valence electrons. The Hall–Kier alpha value is -2.68. The quantitative estimate of drug-likeness (QED) is 0.769. The summed E-state index contributed by atoms with van der Waals surface area (Å²) in [4.78, 5) is 17.5. The minimum absolute atomic E-state index is 0.0411. The monoisotopic (exact) mass is 264 g/mol. The summed E-state index contributed by atoms with van der Waals surface area (Å²) in [6, 6.07) is 19.2. The molecule has 20 heavy (non-hydrogen) atoms. The predicted octanol–water partition coefficient (Wildman–Crippen LogP) is 3.96. The van der Waals surface area contributed by atoms with Crippen molar-refractivity contribution in [1.82, 2.24) is 0 Å². The number of allylic oxidation sites excluding steroid dienone is 1. The first kappa shape index (κ1) is 13.7. The Kier molecular flexibility index (Phi) is 4.84. The van der Waals surface area contributed by atoms with Crippen LogP contribution in [0.25, 0.3) is 0 Å². The Bertz CT molecular complexity index is 603. The first-order valence-corrected chi connectivity index (χ1v) is 6.38. The normalized spacial score (nSPS) is 11.1. The highest BCUT2D eigenvalue weighted by atomic mass is 16.2. The van der Waals surface area contributed by atoms with Crippen molar-refractivity contribution in [3.63, 3.8) is 0 Å². The van der Waals surface area contributed by atoms with E-state index in [9.17, 15) is 4.79 Å². The second kappa shape index (κ2) is 7.04. The van der Waals surface area contributed by atoms with E-state index >= 15 is 0 Å². The highest BCUT2D eigenvalue weighted by Crippen LogP contribution is 2.14. The molecule has 2 aromatic carbocycles. The Morgan fingerprint density at radius 2 is 1.60 bits per heavy atom. The third kappa shape index (κ3) is 3.92. The maximum absolute atomic E-state index is 11.6. The number of hydrogen-bond donors (Lipinski definition) is 0. The molecule has 0 radical (unpaired) electrons. The fourth-order valence-corrected chi connectivity index (χ4v) is 1.73. The highest BCUT2D eigenvalue weighted by molar-refractivity contribution is 5.94. The molecule has 0 saturated carbocycles. The van der Waals surface area contributed by atoms with Crippen molar-refractivity contribution in [3.8, 4) is 0 Å². The molecule has 0 bridgehead atoms. The number of rotatable bonds is 4. The SMILES string of the molecule is CC(=O)N(/C=C/C=Nc1ccccc1)c1ccccc1. The number of benzene rings is 2. The van der Waals surface area contributed by atoms with Crippen LogP contribution in [0, 0.1) is 0 Å². The molecule has 0 saturated heterocycles. The van der Waals surface area contributed by atoms with Crippen LogP contribution in [0.15, 0.2) is 77.9 Å². The molecular weight excluding hydrogens is 248 g/mol. The maximum Gasteiger partial charge on any atom is 0.227 e. The molecule has 0 N–H and O–H groups in total. The minimum atomic E-state index is -0.0411. The van der Waals surface area contributed by atoms with Gasteiger partial charge in [0.1, 0.15) is 0 Å². The number of para-hydroxylation sites is 2. The van der Waals surface area contributed by atoms with Crippen molar-refractivity contribution in [1.29, 1.82) is 0 Å². The van der Waals surface area contributed by atoms with E-state index in [-0.39, 0.29) is 5.91 Å². The Morgan fingerprint density at radius 3 is 2.20 bits per heavy atom. The van der Waals surface area contributed by atoms with Gasteiger partial charge in [0, 0.05) is 25.0 Å². The van der Waals surface area contributed by atoms with Crippen molar-refractivity contribution in [2.24, 2.45) is 4.99 Å². The van der Waals surface area contributed by atoms with Crippen molar-refractivity contribution in [3.05, 3.63) is 72.9 Å². The number of aliphatic imine (C=N–C) groups is 1. The second-order valence-electron chi connectivity index (χ2n) is 4.18. The van der Waals surface area contributed by atoms with E-state index in [4.69, 9.17) is 0 Å². The zero-order valence-corrected chi connectivity index (χ0v) is 11.3. The molecule has 0 aliphatic rings. The lowest BCUT2D eigenvalue weighted by Crippen LogP contribution is -2.21. The van der Waals surface area contributed by atoms with Gasteiger partial charge in [0.2, 0.25) is 5.91 Å². The van der Waals surface area contributed by atoms with Gasteiger partial charge in [-0.1, -0.05) is 36.4 Å². The molecule has 0 spiro atoms. The van der Waals surface area contributed by atoms with E-state index in [0.717, 1.165) is 11.4 Å². The molecule has 3 nitrogen and oxygen atoms in total. The third-order valence-corrected chi connectivity index (χ3v) is 2.67. The first-order chi connectivity index (χ1) is 9.77. The molecule has 0 heterocycles. The molecule has 0 fully saturated rings. The van der Waals surface area contributed by atoms with Crippen LogP contribution in [0.3, 0.4) is 0 Å². The van der Waals surface area contributed by atoms with Gasteiger partial charge in [-0.25, -0.2) is 0 Å². The molecule has 2 rings (SSSR count). The molecule has 0 aliphatic heterocycles. The molecule has 0 aromatic heterocycles. The second-order valence-corrected chi connectivity index (χ2v) is 4.18. The standard InChI is InChI=1S/C17H16N2O/c1-15(20)19(17-11-6-3-7-12-17)14-8-13-18-16-9-4-2-5-10-16/h2-14H,1H3/b14-8+,18-13?. The lowest BCUT2D eigenvalue weighted by Gasteiger charge is -2.15. The van der Waals surface area contributed by atoms with E-state index in [2.05, 4.69) is 4.99 Å². The van der Waals surface area contributed by atoms with Crippen molar-refractivity contribution >= 4 is 23.5 Å². The summed E-state index contributed by atoms with van der Waals surface area (Å²) in [5, 5.41) is 0. The van der Waals surface area contributed by atoms with E-state index in [0.29, 0.717) is 0 Å². The van der Waals surface area contributed by atoms with Gasteiger partial charge in [-0.3, -0.25) is 14.7 Å². The van der Waals surface area contributed by atoms with Crippen LogP contribution in [0.1, 0.15) is 6.92 Å². The van der Waals surface area contributed by atoms with E-state index in [1.54, 1.807) is 23.4 Å². The van der Waals surface area contributed by atoms with Crippen LogP contribution < -0.4 is 4.90 Å². The summed E-state index contributed by atoms with van der Waals surface area (Å²) in [5.74, 6) is -0.0411. The van der Waals surface area contributed by atoms with E-state index < -0.39 is 0 Å². The smallest absolute Gasteiger partial charge is 0.227 e. The van der Waals surface area contributed by atoms with Crippen molar-refractivity contribution in [2.75, 3.05) is 4.90 Å². The molecule has 3 heteroatoms. The number of anilines is 1. The number of hydrogen-bond acceptors (Lipinski definition) is 2. The van der Waals surface area contributed by atoms with Gasteiger partial charge in [-0.15, -0.1) is 0 Å². The first-order valence-electron chi connectivity index (χ1n) is 6.38. The van der Waals surface area contributed by atoms with Crippen molar-refractivity contribution in [2.45, 2.75) is 6.92 Å². The number of carbonyl (C=O) groups excluding carboxylic acids is 1. The number of carbonyl (C=O) groups is 1. The average Bonchev–Trinajstić information content (AvgIpc) is 2.49. The van der Waals surface area contributed by atoms with Gasteiger partial charge in [-0.2, -0.15) is 0 Å². The average molecular weight is 264 g/mol. The van der Waals surface area contributed by atoms with Gasteiger partial charge in [0.25, 0.3) is 0 Å². The van der Waals surface area contributed by atoms with Crippen LogP contribution >= 0.6 is 0 Å². The maximum atomic E-state index is 11.6. The molecule has 2 aromatic rings. The van der Waals surface area contributed by atoms with Crippen LogP contribution in [0.4, 0.5) is 11.4 Å². The molecular formula is C17H16N2O. The predicted molar refractivity (Wildman–Crippen MR) is 83.3 cm³/mol. The van der Waals surface area contributed by atoms with E-state index in [1.807, 2.05) is 60.7 Å². The molecule has 0 atom stereocenters. The minimum Gasteiger partial charge on any atom is -0.288 e. The van der Waals surface area contributed by atoms with Crippen molar-refractivity contribution < 1.29 is 4.79 Å². The Labute approximate surface area is 118 Å². The summed E-state index contributed by atoms with van der Waals surface area (Å²) in [7, 11) is 0. The lowest BCUT2D eigenvalue weighted by molar-refractivity contribution is -0.115. The van der Waals surface area contributed by atoms with Gasteiger partial charge in [0.15, 0.2) is 0 Å². The van der Waals surface area contributed by atoms with Crippen LogP contribution in [0.2, 0.25) is 0 Å². The zero-order valence-electron chi connectivity index (χ0n) is 11.3. The van der Waals surface area contributed by atoms with Gasteiger partial charge >= 0.3 is 0 Å². The van der Waals surface area contributed by atoms with Crippen LogP contribution in [-0.2, 0) is 4.79 Å². The third-order valence-electron chi connectivity index (χ3n) is 2.67. The van der Waals surface area contributed by atoms with Gasteiger partial charge < -0.3 is 0 Å². The number of amides is 1.